The Kier molecular flexibility index (Phi) is 3.45. The van der Waals surface area contributed by atoms with E-state index in [4.69, 9.17) is 4.42 Å². The van der Waals surface area contributed by atoms with Gasteiger partial charge < -0.3 is 9.32 Å². The molecule has 0 bridgehead atoms. The number of carbonyl (C=O) groups excluding carboxylic acids is 1. The Hall–Kier alpha value is -2.88. The summed E-state index contributed by atoms with van der Waals surface area (Å²) < 4.78 is 5.76. The molecule has 0 spiro atoms. The molecule has 0 saturated heterocycles. The third-order valence-corrected chi connectivity index (χ3v) is 4.53. The molecule has 24 heavy (non-hydrogen) atoms. The van der Waals surface area contributed by atoms with Gasteiger partial charge in [0.1, 0.15) is 5.58 Å². The molecule has 0 N–H and O–H groups in total. The van der Waals surface area contributed by atoms with Gasteiger partial charge in [0.05, 0.1) is 5.39 Å². The molecule has 0 saturated carbocycles. The molecule has 1 aliphatic heterocycles. The van der Waals surface area contributed by atoms with Crippen LogP contribution in [-0.2, 0) is 6.42 Å². The van der Waals surface area contributed by atoms with Crippen LogP contribution >= 0.6 is 0 Å². The smallest absolute Gasteiger partial charge is 0.294 e. The second kappa shape index (κ2) is 5.64. The van der Waals surface area contributed by atoms with E-state index in [-0.39, 0.29) is 17.1 Å². The molecule has 1 aromatic heterocycles. The van der Waals surface area contributed by atoms with Crippen molar-refractivity contribution in [2.45, 2.75) is 19.8 Å². The third-order valence-electron chi connectivity index (χ3n) is 4.53. The van der Waals surface area contributed by atoms with Gasteiger partial charge in [0.25, 0.3) is 5.91 Å². The van der Waals surface area contributed by atoms with Crippen molar-refractivity contribution in [3.05, 3.63) is 75.6 Å². The van der Waals surface area contributed by atoms with Crippen molar-refractivity contribution in [1.29, 1.82) is 0 Å². The molecule has 1 aliphatic rings. The lowest BCUT2D eigenvalue weighted by atomic mass is 10.0. The molecule has 2 heterocycles. The molecule has 1 amide bonds. The fraction of sp³-hybridized carbons (Fsp3) is 0.200. The van der Waals surface area contributed by atoms with Crippen LogP contribution in [0.3, 0.4) is 0 Å². The minimum absolute atomic E-state index is 0.0924. The zero-order valence-corrected chi connectivity index (χ0v) is 13.4. The van der Waals surface area contributed by atoms with Crippen LogP contribution < -0.4 is 10.3 Å². The Morgan fingerprint density at radius 1 is 1.12 bits per heavy atom. The predicted octanol–water partition coefficient (Wildman–Crippen LogP) is 3.69. The van der Waals surface area contributed by atoms with E-state index in [0.717, 1.165) is 29.7 Å². The topological polar surface area (TPSA) is 50.5 Å². The van der Waals surface area contributed by atoms with Gasteiger partial charge in [-0.2, -0.15) is 0 Å². The van der Waals surface area contributed by atoms with Gasteiger partial charge in [0.15, 0.2) is 11.2 Å². The number of anilines is 1. The number of benzene rings is 2. The number of carbonyl (C=O) groups is 1. The van der Waals surface area contributed by atoms with E-state index in [1.165, 1.54) is 6.07 Å². The van der Waals surface area contributed by atoms with Crippen LogP contribution in [-0.4, -0.2) is 12.5 Å². The summed E-state index contributed by atoms with van der Waals surface area (Å²) in [4.78, 5) is 27.1. The summed E-state index contributed by atoms with van der Waals surface area (Å²) in [6.07, 6.45) is 1.86. The molecule has 0 fully saturated rings. The van der Waals surface area contributed by atoms with E-state index < -0.39 is 0 Å². The highest BCUT2D eigenvalue weighted by molar-refractivity contribution is 6.05. The standard InChI is InChI=1S/C20H17NO3/c1-13-6-4-10-17-19(13)16(22)12-18(24-17)20(23)21-11-5-8-14-7-2-3-9-15(14)21/h2-4,6-7,9-10,12H,5,8,11H2,1H3. The van der Waals surface area contributed by atoms with Gasteiger partial charge in [-0.3, -0.25) is 9.59 Å². The van der Waals surface area contributed by atoms with Crippen LogP contribution in [0.4, 0.5) is 5.69 Å². The van der Waals surface area contributed by atoms with Crippen molar-refractivity contribution in [2.75, 3.05) is 11.4 Å². The molecule has 120 valence electrons. The number of fused-ring (bicyclic) bond motifs is 2. The number of amides is 1. The highest BCUT2D eigenvalue weighted by atomic mass is 16.3. The van der Waals surface area contributed by atoms with E-state index in [0.29, 0.717) is 17.5 Å². The van der Waals surface area contributed by atoms with Gasteiger partial charge in [-0.25, -0.2) is 0 Å². The molecule has 3 aromatic rings. The molecular formula is C20H17NO3. The maximum absolute atomic E-state index is 12.9. The van der Waals surface area contributed by atoms with Gasteiger partial charge in [-0.05, 0) is 43.0 Å². The van der Waals surface area contributed by atoms with Crippen LogP contribution in [0.5, 0.6) is 0 Å². The number of rotatable bonds is 1. The molecule has 0 radical (unpaired) electrons. The van der Waals surface area contributed by atoms with Gasteiger partial charge in [-0.1, -0.05) is 30.3 Å². The zero-order chi connectivity index (χ0) is 16.7. The monoisotopic (exact) mass is 319 g/mol. The van der Waals surface area contributed by atoms with Crippen LogP contribution in [0, 0.1) is 6.92 Å². The van der Waals surface area contributed by atoms with E-state index >= 15 is 0 Å². The van der Waals surface area contributed by atoms with Crippen molar-refractivity contribution < 1.29 is 9.21 Å². The van der Waals surface area contributed by atoms with Crippen molar-refractivity contribution in [3.8, 4) is 0 Å². The Labute approximate surface area is 139 Å². The quantitative estimate of drug-likeness (QED) is 0.687. The largest absolute Gasteiger partial charge is 0.451 e. The number of aryl methyl sites for hydroxylation is 2. The molecule has 0 unspecified atom stereocenters. The Morgan fingerprint density at radius 2 is 1.96 bits per heavy atom. The zero-order valence-electron chi connectivity index (χ0n) is 13.4. The van der Waals surface area contributed by atoms with Crippen molar-refractivity contribution in [3.63, 3.8) is 0 Å². The maximum Gasteiger partial charge on any atom is 0.294 e. The Balaban J connectivity index is 1.82. The maximum atomic E-state index is 12.9. The molecule has 0 aliphatic carbocycles. The van der Waals surface area contributed by atoms with E-state index in [9.17, 15) is 9.59 Å². The van der Waals surface area contributed by atoms with Crippen LogP contribution in [0.15, 0.2) is 57.7 Å². The second-order valence-corrected chi connectivity index (χ2v) is 6.11. The van der Waals surface area contributed by atoms with Crippen molar-refractivity contribution in [1.82, 2.24) is 0 Å². The number of hydrogen-bond acceptors (Lipinski definition) is 3. The molecule has 4 rings (SSSR count). The summed E-state index contributed by atoms with van der Waals surface area (Å²) in [6, 6.07) is 14.6. The summed E-state index contributed by atoms with van der Waals surface area (Å²) in [6.45, 7) is 2.49. The molecule has 4 nitrogen and oxygen atoms in total. The summed E-state index contributed by atoms with van der Waals surface area (Å²) in [5, 5.41) is 0.535. The average Bonchev–Trinajstić information content (AvgIpc) is 2.60. The number of hydrogen-bond donors (Lipinski definition) is 0. The first kappa shape index (κ1) is 14.7. The van der Waals surface area contributed by atoms with Gasteiger partial charge in [0, 0.05) is 18.3 Å². The Morgan fingerprint density at radius 3 is 2.83 bits per heavy atom. The van der Waals surface area contributed by atoms with E-state index in [2.05, 4.69) is 0 Å². The summed E-state index contributed by atoms with van der Waals surface area (Å²) in [7, 11) is 0. The van der Waals surface area contributed by atoms with Crippen LogP contribution in [0.1, 0.15) is 28.1 Å². The first-order valence-corrected chi connectivity index (χ1v) is 8.08. The second-order valence-electron chi connectivity index (χ2n) is 6.11. The SMILES string of the molecule is Cc1cccc2oc(C(=O)N3CCCc4ccccc43)cc(=O)c12. The number of nitrogens with zero attached hydrogens (tertiary/aromatic N) is 1. The minimum atomic E-state index is -0.261. The molecule has 4 heteroatoms. The average molecular weight is 319 g/mol. The normalized spacial score (nSPS) is 13.8. The van der Waals surface area contributed by atoms with Crippen LogP contribution in [0.25, 0.3) is 11.0 Å². The number of para-hydroxylation sites is 1. The molecular weight excluding hydrogens is 302 g/mol. The first-order chi connectivity index (χ1) is 11.6. The summed E-state index contributed by atoms with van der Waals surface area (Å²) in [5.74, 6) is -0.169. The van der Waals surface area contributed by atoms with E-state index in [1.807, 2.05) is 43.3 Å². The lowest BCUT2D eigenvalue weighted by Gasteiger charge is -2.28. The van der Waals surface area contributed by atoms with Gasteiger partial charge in [-0.15, -0.1) is 0 Å². The van der Waals surface area contributed by atoms with Crippen LogP contribution in [0.2, 0.25) is 0 Å². The minimum Gasteiger partial charge on any atom is -0.451 e. The fourth-order valence-electron chi connectivity index (χ4n) is 3.36. The highest BCUT2D eigenvalue weighted by Crippen LogP contribution is 2.28. The van der Waals surface area contributed by atoms with E-state index in [1.54, 1.807) is 11.0 Å². The Bertz CT molecular complexity index is 1000. The summed E-state index contributed by atoms with van der Waals surface area (Å²) >= 11 is 0. The van der Waals surface area contributed by atoms with Gasteiger partial charge >= 0.3 is 0 Å². The fourth-order valence-corrected chi connectivity index (χ4v) is 3.36. The van der Waals surface area contributed by atoms with Gasteiger partial charge in [0.2, 0.25) is 0 Å². The first-order valence-electron chi connectivity index (χ1n) is 8.08. The lowest BCUT2D eigenvalue weighted by molar-refractivity contribution is 0.0959. The molecule has 0 atom stereocenters. The third kappa shape index (κ3) is 2.31. The van der Waals surface area contributed by atoms with Crippen molar-refractivity contribution >= 4 is 22.6 Å². The highest BCUT2D eigenvalue weighted by Gasteiger charge is 2.25. The molecule has 2 aromatic carbocycles. The lowest BCUT2D eigenvalue weighted by Crippen LogP contribution is -2.35. The van der Waals surface area contributed by atoms with Crippen molar-refractivity contribution in [2.24, 2.45) is 0 Å². The summed E-state index contributed by atoms with van der Waals surface area (Å²) in [5.41, 5.74) is 3.18. The predicted molar refractivity (Wildman–Crippen MR) is 93.7 cm³/mol.